The largest absolute Gasteiger partial charge is 0.462 e. The molecule has 0 spiro atoms. The molecule has 6 nitrogen and oxygen atoms in total. The van der Waals surface area contributed by atoms with Gasteiger partial charge < -0.3 is 14.2 Å². The second kappa shape index (κ2) is 41.2. The first-order valence-corrected chi connectivity index (χ1v) is 22.5. The Morgan fingerprint density at radius 2 is 0.529 bits per heavy atom. The van der Waals surface area contributed by atoms with E-state index >= 15 is 0 Å². The van der Waals surface area contributed by atoms with Crippen molar-refractivity contribution in [3.05, 3.63) is 0 Å². The second-order valence-electron chi connectivity index (χ2n) is 15.3. The van der Waals surface area contributed by atoms with Gasteiger partial charge in [0, 0.05) is 19.3 Å². The van der Waals surface area contributed by atoms with Crippen molar-refractivity contribution in [2.75, 3.05) is 13.2 Å². The molecule has 0 aliphatic rings. The molecule has 6 heteroatoms. The molecule has 1 unspecified atom stereocenters. The van der Waals surface area contributed by atoms with E-state index in [1.165, 1.54) is 154 Å². The van der Waals surface area contributed by atoms with Gasteiger partial charge in [0.05, 0.1) is 0 Å². The van der Waals surface area contributed by atoms with Gasteiger partial charge in [-0.1, -0.05) is 213 Å². The van der Waals surface area contributed by atoms with Crippen LogP contribution in [0, 0.1) is 0 Å². The number of carbonyl (C=O) groups is 3. The molecule has 0 rings (SSSR count). The Morgan fingerprint density at radius 1 is 0.314 bits per heavy atom. The van der Waals surface area contributed by atoms with E-state index in [1.807, 2.05) is 0 Å². The molecule has 0 radical (unpaired) electrons. The Morgan fingerprint density at radius 3 is 0.824 bits per heavy atom. The second-order valence-corrected chi connectivity index (χ2v) is 15.3. The maximum absolute atomic E-state index is 12.6. The normalized spacial score (nSPS) is 11.8. The fourth-order valence-corrected chi connectivity index (χ4v) is 6.68. The average Bonchev–Trinajstić information content (AvgIpc) is 3.12. The molecule has 0 aliphatic heterocycles. The Hall–Kier alpha value is -1.59. The molecule has 0 saturated carbocycles. The molecular weight excluding hydrogens is 636 g/mol. The minimum absolute atomic E-state index is 0.0651. The summed E-state index contributed by atoms with van der Waals surface area (Å²) >= 11 is 0. The van der Waals surface area contributed by atoms with Crippen LogP contribution in [0.5, 0.6) is 0 Å². The predicted octanol–water partition coefficient (Wildman–Crippen LogP) is 14.1. The van der Waals surface area contributed by atoms with Crippen molar-refractivity contribution in [2.24, 2.45) is 0 Å². The van der Waals surface area contributed by atoms with Crippen LogP contribution in [0.2, 0.25) is 0 Å². The maximum Gasteiger partial charge on any atom is 0.306 e. The van der Waals surface area contributed by atoms with Crippen LogP contribution >= 0.6 is 0 Å². The molecule has 51 heavy (non-hydrogen) atoms. The van der Waals surface area contributed by atoms with E-state index in [-0.39, 0.29) is 31.1 Å². The highest BCUT2D eigenvalue weighted by Gasteiger charge is 2.19. The van der Waals surface area contributed by atoms with Crippen molar-refractivity contribution in [1.82, 2.24) is 0 Å². The Labute approximate surface area is 317 Å². The van der Waals surface area contributed by atoms with Crippen LogP contribution in [-0.2, 0) is 28.6 Å². The van der Waals surface area contributed by atoms with Gasteiger partial charge in [0.15, 0.2) is 6.10 Å². The molecule has 0 heterocycles. The summed E-state index contributed by atoms with van der Waals surface area (Å²) in [5.41, 5.74) is 0. The van der Waals surface area contributed by atoms with E-state index < -0.39 is 6.10 Å². The highest BCUT2D eigenvalue weighted by molar-refractivity contribution is 5.71. The molecule has 1 atom stereocenters. The number of hydrogen-bond donors (Lipinski definition) is 0. The lowest BCUT2D eigenvalue weighted by Crippen LogP contribution is -2.30. The lowest BCUT2D eigenvalue weighted by atomic mass is 10.0. The van der Waals surface area contributed by atoms with Crippen LogP contribution in [0.1, 0.15) is 252 Å². The predicted molar refractivity (Wildman–Crippen MR) is 215 cm³/mol. The first-order valence-electron chi connectivity index (χ1n) is 22.5. The Balaban J connectivity index is 4.06. The maximum atomic E-state index is 12.6. The van der Waals surface area contributed by atoms with E-state index in [4.69, 9.17) is 14.2 Å². The van der Waals surface area contributed by atoms with E-state index in [9.17, 15) is 14.4 Å². The molecular formula is C45H86O6. The standard InChI is InChI=1S/C45H86O6/c1-4-7-10-12-14-16-18-20-22-24-26-28-30-32-35-38-44(47)50-41-42(40-49-43(46)37-34-9-6-3)51-45(48)39-36-33-31-29-27-25-23-21-19-17-15-13-11-8-5-2/h42H,4-41H2,1-3H3. The minimum atomic E-state index is -0.756. The fraction of sp³-hybridized carbons (Fsp3) is 0.933. The van der Waals surface area contributed by atoms with Crippen molar-refractivity contribution >= 4 is 17.9 Å². The lowest BCUT2D eigenvalue weighted by molar-refractivity contribution is -0.167. The fourth-order valence-electron chi connectivity index (χ4n) is 6.68. The monoisotopic (exact) mass is 723 g/mol. The van der Waals surface area contributed by atoms with Crippen LogP contribution in [-0.4, -0.2) is 37.2 Å². The van der Waals surface area contributed by atoms with Gasteiger partial charge in [-0.25, -0.2) is 0 Å². The first kappa shape index (κ1) is 49.4. The van der Waals surface area contributed by atoms with Gasteiger partial charge >= 0.3 is 17.9 Å². The quantitative estimate of drug-likeness (QED) is 0.0355. The third kappa shape index (κ3) is 39.5. The number of esters is 3. The molecule has 0 aromatic carbocycles. The number of unbranched alkanes of at least 4 members (excludes halogenated alkanes) is 30. The van der Waals surface area contributed by atoms with Crippen molar-refractivity contribution in [3.63, 3.8) is 0 Å². The van der Waals surface area contributed by atoms with Crippen molar-refractivity contribution in [1.29, 1.82) is 0 Å². The zero-order chi connectivity index (χ0) is 37.3. The summed E-state index contributed by atoms with van der Waals surface area (Å²) in [4.78, 5) is 37.2. The van der Waals surface area contributed by atoms with Crippen molar-refractivity contribution in [2.45, 2.75) is 258 Å². The van der Waals surface area contributed by atoms with Gasteiger partial charge in [-0.15, -0.1) is 0 Å². The number of ether oxygens (including phenoxy) is 3. The van der Waals surface area contributed by atoms with Gasteiger partial charge in [0.2, 0.25) is 0 Å². The van der Waals surface area contributed by atoms with Crippen LogP contribution in [0.3, 0.4) is 0 Å². The Kier molecular flexibility index (Phi) is 39.9. The highest BCUT2D eigenvalue weighted by Crippen LogP contribution is 2.16. The molecule has 0 aromatic heterocycles. The Bertz CT molecular complexity index is 753. The topological polar surface area (TPSA) is 78.9 Å². The van der Waals surface area contributed by atoms with E-state index in [0.717, 1.165) is 57.8 Å². The molecule has 0 amide bonds. The van der Waals surface area contributed by atoms with Crippen LogP contribution in [0.25, 0.3) is 0 Å². The third-order valence-corrected chi connectivity index (χ3v) is 10.1. The van der Waals surface area contributed by atoms with E-state index in [2.05, 4.69) is 20.8 Å². The first-order chi connectivity index (χ1) is 25.0. The van der Waals surface area contributed by atoms with Gasteiger partial charge in [0.1, 0.15) is 13.2 Å². The zero-order valence-corrected chi connectivity index (χ0v) is 34.4. The van der Waals surface area contributed by atoms with Crippen LogP contribution in [0.15, 0.2) is 0 Å². The summed E-state index contributed by atoms with van der Waals surface area (Å²) < 4.78 is 16.5. The molecule has 0 fully saturated rings. The SMILES string of the molecule is CCCCCCCCCCCCCCCCCC(=O)OCC(COC(=O)CCCCC)OC(=O)CCCCCCCCCCCCCCCCC. The summed E-state index contributed by atoms with van der Waals surface area (Å²) in [5, 5.41) is 0. The van der Waals surface area contributed by atoms with Crippen molar-refractivity contribution in [3.8, 4) is 0 Å². The third-order valence-electron chi connectivity index (χ3n) is 10.1. The molecule has 0 N–H and O–H groups in total. The van der Waals surface area contributed by atoms with Gasteiger partial charge in [0.25, 0.3) is 0 Å². The van der Waals surface area contributed by atoms with Crippen LogP contribution in [0.4, 0.5) is 0 Å². The molecule has 0 bridgehead atoms. The summed E-state index contributed by atoms with van der Waals surface area (Å²) in [6.07, 6.45) is 41.5. The van der Waals surface area contributed by atoms with Gasteiger partial charge in [-0.2, -0.15) is 0 Å². The summed E-state index contributed by atoms with van der Waals surface area (Å²) in [7, 11) is 0. The molecule has 0 aliphatic carbocycles. The van der Waals surface area contributed by atoms with Gasteiger partial charge in [-0.05, 0) is 19.3 Å². The summed E-state index contributed by atoms with van der Waals surface area (Å²) in [6.45, 7) is 6.50. The minimum Gasteiger partial charge on any atom is -0.462 e. The summed E-state index contributed by atoms with van der Waals surface area (Å²) in [5.74, 6) is -0.881. The number of hydrogen-bond acceptors (Lipinski definition) is 6. The van der Waals surface area contributed by atoms with Crippen molar-refractivity contribution < 1.29 is 28.6 Å². The zero-order valence-electron chi connectivity index (χ0n) is 34.4. The van der Waals surface area contributed by atoms with Crippen LogP contribution < -0.4 is 0 Å². The average molecular weight is 723 g/mol. The highest BCUT2D eigenvalue weighted by atomic mass is 16.6. The van der Waals surface area contributed by atoms with E-state index in [1.54, 1.807) is 0 Å². The van der Waals surface area contributed by atoms with E-state index in [0.29, 0.717) is 19.3 Å². The molecule has 302 valence electrons. The molecule has 0 saturated heterocycles. The molecule has 0 aromatic rings. The number of rotatable bonds is 41. The summed E-state index contributed by atoms with van der Waals surface area (Å²) in [6, 6.07) is 0. The lowest BCUT2D eigenvalue weighted by Gasteiger charge is -2.18. The van der Waals surface area contributed by atoms with Gasteiger partial charge in [-0.3, -0.25) is 14.4 Å². The smallest absolute Gasteiger partial charge is 0.306 e. The number of carbonyl (C=O) groups excluding carboxylic acids is 3.